The zero-order chi connectivity index (χ0) is 22.7. The van der Waals surface area contributed by atoms with Gasteiger partial charge >= 0.3 is 0 Å². The summed E-state index contributed by atoms with van der Waals surface area (Å²) in [7, 11) is 0. The Hall–Kier alpha value is -3.11. The van der Waals surface area contributed by atoms with Crippen molar-refractivity contribution in [2.24, 2.45) is 10.7 Å². The second-order valence-corrected chi connectivity index (χ2v) is 8.29. The first-order valence-electron chi connectivity index (χ1n) is 11.7. The van der Waals surface area contributed by atoms with E-state index < -0.39 is 5.41 Å². The molecular weight excluding hydrogens is 392 g/mol. The summed E-state index contributed by atoms with van der Waals surface area (Å²) < 4.78 is 2.40. The lowest BCUT2D eigenvalue weighted by Gasteiger charge is -2.32. The molecular formula is C28H34N4. The number of para-hydroxylation sites is 1. The highest BCUT2D eigenvalue weighted by molar-refractivity contribution is 5.96. The predicted molar refractivity (Wildman–Crippen MR) is 138 cm³/mol. The van der Waals surface area contributed by atoms with Crippen LogP contribution in [0.25, 0.3) is 10.9 Å². The van der Waals surface area contributed by atoms with Crippen LogP contribution in [0.2, 0.25) is 0 Å². The van der Waals surface area contributed by atoms with E-state index >= 15 is 0 Å². The fourth-order valence-electron chi connectivity index (χ4n) is 5.25. The number of aromatic nitrogens is 1. The van der Waals surface area contributed by atoms with Crippen LogP contribution in [0.15, 0.2) is 71.9 Å². The summed E-state index contributed by atoms with van der Waals surface area (Å²) in [6.45, 7) is 12.2. The number of anilines is 1. The number of fused-ring (bicyclic) bond motifs is 1. The Bertz CT molecular complexity index is 1180. The monoisotopic (exact) mass is 426 g/mol. The Balaban J connectivity index is 2.05. The lowest BCUT2D eigenvalue weighted by Crippen LogP contribution is -2.31. The average molecular weight is 427 g/mol. The maximum atomic E-state index is 6.36. The van der Waals surface area contributed by atoms with Crippen molar-refractivity contribution in [3.05, 3.63) is 89.3 Å². The maximum Gasteiger partial charge on any atom is 0.0764 e. The van der Waals surface area contributed by atoms with Gasteiger partial charge in [0.15, 0.2) is 0 Å². The third kappa shape index (κ3) is 3.49. The Morgan fingerprint density at radius 1 is 1.03 bits per heavy atom. The molecule has 166 valence electrons. The predicted octanol–water partition coefficient (Wildman–Crippen LogP) is 5.71. The molecule has 4 heteroatoms. The Kier molecular flexibility index (Phi) is 6.33. The van der Waals surface area contributed by atoms with Crippen molar-refractivity contribution in [3.63, 3.8) is 0 Å². The van der Waals surface area contributed by atoms with Crippen LogP contribution in [0.4, 0.5) is 5.69 Å². The molecule has 2 aromatic carbocycles. The molecule has 4 rings (SSSR count). The summed E-state index contributed by atoms with van der Waals surface area (Å²) in [5, 5.41) is 1.26. The van der Waals surface area contributed by atoms with Crippen molar-refractivity contribution in [1.29, 1.82) is 0 Å². The molecule has 32 heavy (non-hydrogen) atoms. The number of nitrogens with two attached hydrogens (primary N) is 1. The molecule has 1 atom stereocenters. The molecule has 0 bridgehead atoms. The van der Waals surface area contributed by atoms with Crippen molar-refractivity contribution in [2.45, 2.75) is 46.2 Å². The van der Waals surface area contributed by atoms with Gasteiger partial charge in [0.1, 0.15) is 0 Å². The molecule has 1 unspecified atom stereocenters. The van der Waals surface area contributed by atoms with Crippen LogP contribution in [0.1, 0.15) is 43.2 Å². The lowest BCUT2D eigenvalue weighted by atomic mass is 9.72. The third-order valence-electron chi connectivity index (χ3n) is 6.76. The molecule has 0 saturated carbocycles. The molecule has 1 aromatic heterocycles. The summed E-state index contributed by atoms with van der Waals surface area (Å²) >= 11 is 0. The highest BCUT2D eigenvalue weighted by atomic mass is 15.1. The van der Waals surface area contributed by atoms with Crippen molar-refractivity contribution in [3.8, 4) is 0 Å². The molecule has 4 nitrogen and oxygen atoms in total. The fourth-order valence-corrected chi connectivity index (χ4v) is 5.25. The van der Waals surface area contributed by atoms with Gasteiger partial charge in [0, 0.05) is 66.4 Å². The van der Waals surface area contributed by atoms with Gasteiger partial charge in [0.2, 0.25) is 0 Å². The number of aryl methyl sites for hydroxylation is 1. The zero-order valence-electron chi connectivity index (χ0n) is 19.7. The first-order valence-corrected chi connectivity index (χ1v) is 11.7. The van der Waals surface area contributed by atoms with Crippen molar-refractivity contribution in [1.82, 2.24) is 4.57 Å². The minimum atomic E-state index is -0.496. The van der Waals surface area contributed by atoms with E-state index in [0.717, 1.165) is 25.2 Å². The van der Waals surface area contributed by atoms with Crippen LogP contribution in [-0.4, -0.2) is 23.9 Å². The van der Waals surface area contributed by atoms with Gasteiger partial charge in [-0.05, 0) is 63.1 Å². The molecule has 2 heterocycles. The zero-order valence-corrected chi connectivity index (χ0v) is 19.7. The second-order valence-electron chi connectivity index (χ2n) is 8.29. The standard InChI is InChI=1S/C28H34N4/c1-5-31(6-2)23-14-15-25(22(18-23)19-29)28(16-10-11-17-30-20-28)27-21(4)32(7-3)26-13-9-8-12-24(26)27/h8-18,20H,5-7,19,29H2,1-4H3. The van der Waals surface area contributed by atoms with Crippen LogP contribution in [0, 0.1) is 6.92 Å². The summed E-state index contributed by atoms with van der Waals surface area (Å²) in [5.74, 6) is 0. The van der Waals surface area contributed by atoms with Gasteiger partial charge in [0.05, 0.1) is 5.41 Å². The molecule has 2 N–H and O–H groups in total. The first-order chi connectivity index (χ1) is 15.6. The smallest absolute Gasteiger partial charge is 0.0764 e. The van der Waals surface area contributed by atoms with E-state index in [9.17, 15) is 0 Å². The number of hydrogen-bond acceptors (Lipinski definition) is 3. The summed E-state index contributed by atoms with van der Waals surface area (Å²) in [4.78, 5) is 7.06. The molecule has 3 aromatic rings. The van der Waals surface area contributed by atoms with Gasteiger partial charge in [-0.1, -0.05) is 36.4 Å². The van der Waals surface area contributed by atoms with Gasteiger partial charge in [-0.25, -0.2) is 0 Å². The fraction of sp³-hybridized carbons (Fsp3) is 0.321. The number of allylic oxidation sites excluding steroid dienone is 3. The highest BCUT2D eigenvalue weighted by Crippen LogP contribution is 2.43. The van der Waals surface area contributed by atoms with Crippen LogP contribution < -0.4 is 10.6 Å². The van der Waals surface area contributed by atoms with E-state index in [1.807, 2.05) is 12.3 Å². The Morgan fingerprint density at radius 3 is 2.53 bits per heavy atom. The van der Waals surface area contributed by atoms with Crippen molar-refractivity contribution in [2.75, 3.05) is 18.0 Å². The van der Waals surface area contributed by atoms with E-state index in [4.69, 9.17) is 10.7 Å². The summed E-state index contributed by atoms with van der Waals surface area (Å²) in [5.41, 5.74) is 13.2. The quantitative estimate of drug-likeness (QED) is 0.526. The highest BCUT2D eigenvalue weighted by Gasteiger charge is 2.37. The van der Waals surface area contributed by atoms with Gasteiger partial charge in [-0.15, -0.1) is 0 Å². The van der Waals surface area contributed by atoms with E-state index in [0.29, 0.717) is 6.54 Å². The molecule has 0 saturated heterocycles. The SMILES string of the molecule is CCN(CC)c1ccc(C2(c3c(C)n(CC)c4ccccc34)C=CC=CN=C2)c(CN)c1. The molecule has 0 radical (unpaired) electrons. The minimum Gasteiger partial charge on any atom is -0.372 e. The molecule has 0 fully saturated rings. The Labute approximate surface area is 191 Å². The minimum absolute atomic E-state index is 0.479. The Morgan fingerprint density at radius 2 is 1.81 bits per heavy atom. The van der Waals surface area contributed by atoms with Crippen molar-refractivity contribution < 1.29 is 0 Å². The van der Waals surface area contributed by atoms with E-state index in [2.05, 4.69) is 98.0 Å². The van der Waals surface area contributed by atoms with E-state index in [-0.39, 0.29) is 0 Å². The van der Waals surface area contributed by atoms with E-state index in [1.54, 1.807) is 0 Å². The first kappa shape index (κ1) is 22.1. The molecule has 0 amide bonds. The molecule has 0 spiro atoms. The van der Waals surface area contributed by atoms with Gasteiger partial charge in [-0.3, -0.25) is 4.99 Å². The number of hydrogen-bond donors (Lipinski definition) is 1. The number of aliphatic imine (C=N–C) groups is 1. The number of benzene rings is 2. The molecule has 1 aliphatic heterocycles. The summed E-state index contributed by atoms with van der Waals surface area (Å²) in [6, 6.07) is 15.4. The van der Waals surface area contributed by atoms with Gasteiger partial charge < -0.3 is 15.2 Å². The van der Waals surface area contributed by atoms with Crippen LogP contribution in [0.3, 0.4) is 0 Å². The molecule has 1 aliphatic rings. The van der Waals surface area contributed by atoms with Gasteiger partial charge in [0.25, 0.3) is 0 Å². The number of nitrogens with zero attached hydrogens (tertiary/aromatic N) is 3. The van der Waals surface area contributed by atoms with Gasteiger partial charge in [-0.2, -0.15) is 0 Å². The van der Waals surface area contributed by atoms with E-state index in [1.165, 1.54) is 33.4 Å². The largest absolute Gasteiger partial charge is 0.372 e. The van der Waals surface area contributed by atoms with Crippen LogP contribution in [0.5, 0.6) is 0 Å². The van der Waals surface area contributed by atoms with Crippen LogP contribution >= 0.6 is 0 Å². The molecule has 0 aliphatic carbocycles. The average Bonchev–Trinajstić information content (AvgIpc) is 2.95. The number of rotatable bonds is 7. The normalized spacial score (nSPS) is 17.8. The second kappa shape index (κ2) is 9.17. The topological polar surface area (TPSA) is 46.5 Å². The third-order valence-corrected chi connectivity index (χ3v) is 6.76. The van der Waals surface area contributed by atoms with Crippen molar-refractivity contribution >= 4 is 22.8 Å². The summed E-state index contributed by atoms with van der Waals surface area (Å²) in [6.07, 6.45) is 10.3. The lowest BCUT2D eigenvalue weighted by molar-refractivity contribution is 0.748. The maximum absolute atomic E-state index is 6.36. The van der Waals surface area contributed by atoms with Crippen LogP contribution in [-0.2, 0) is 18.5 Å².